The van der Waals surface area contributed by atoms with E-state index in [2.05, 4.69) is 14.9 Å². The Balaban J connectivity index is 1.38. The summed E-state index contributed by atoms with van der Waals surface area (Å²) >= 11 is 0. The van der Waals surface area contributed by atoms with E-state index in [1.807, 2.05) is 4.90 Å². The van der Waals surface area contributed by atoms with Crippen molar-refractivity contribution in [2.75, 3.05) is 31.1 Å². The minimum Gasteiger partial charge on any atom is -0.392 e. The Bertz CT molecular complexity index is 887. The highest BCUT2D eigenvalue weighted by Crippen LogP contribution is 2.40. The molecule has 2 unspecified atom stereocenters. The molecular weight excluding hydrogens is 471 g/mol. The molecule has 1 aromatic heterocycles. The molecule has 2 heterocycles. The first-order valence-electron chi connectivity index (χ1n) is 13.4. The Morgan fingerprint density at radius 3 is 2.50 bits per heavy atom. The van der Waals surface area contributed by atoms with Crippen molar-refractivity contribution in [3.05, 3.63) is 17.8 Å². The summed E-state index contributed by atoms with van der Waals surface area (Å²) < 4.78 is 43.2. The van der Waals surface area contributed by atoms with Crippen molar-refractivity contribution in [3.63, 3.8) is 0 Å². The van der Waals surface area contributed by atoms with Crippen LogP contribution < -0.4 is 10.6 Å². The zero-order valence-electron chi connectivity index (χ0n) is 21.2. The van der Waals surface area contributed by atoms with Gasteiger partial charge >= 0.3 is 0 Å². The van der Waals surface area contributed by atoms with Crippen LogP contribution in [0.5, 0.6) is 0 Å². The Morgan fingerprint density at radius 2 is 1.92 bits per heavy atom. The third-order valence-electron chi connectivity index (χ3n) is 8.59. The molecule has 36 heavy (non-hydrogen) atoms. The minimum atomic E-state index is -2.64. The molecule has 3 aliphatic rings. The molecule has 2 atom stereocenters. The van der Waals surface area contributed by atoms with Gasteiger partial charge in [0.25, 0.3) is 0 Å². The average molecular weight is 512 g/mol. The molecule has 0 spiro atoms. The highest BCUT2D eigenvalue weighted by Gasteiger charge is 2.38. The van der Waals surface area contributed by atoms with E-state index in [1.165, 1.54) is 6.33 Å². The van der Waals surface area contributed by atoms with Crippen molar-refractivity contribution in [3.8, 4) is 0 Å². The Labute approximate surface area is 211 Å². The van der Waals surface area contributed by atoms with Crippen LogP contribution in [0, 0.1) is 23.6 Å². The number of hydrogen-bond acceptors (Lipinski definition) is 6. The first-order valence-corrected chi connectivity index (χ1v) is 13.4. The normalized spacial score (nSPS) is 28.0. The number of aryl methyl sites for hydroxylation is 1. The van der Waals surface area contributed by atoms with Crippen LogP contribution in [0.3, 0.4) is 0 Å². The van der Waals surface area contributed by atoms with Gasteiger partial charge in [0.15, 0.2) is 11.6 Å². The Hall–Kier alpha value is -1.94. The van der Waals surface area contributed by atoms with Crippen LogP contribution in [-0.4, -0.2) is 70.1 Å². The number of aromatic nitrogens is 2. The van der Waals surface area contributed by atoms with Crippen molar-refractivity contribution >= 4 is 11.7 Å². The number of piperidine rings is 1. The topological polar surface area (TPSA) is 95.6 Å². The summed E-state index contributed by atoms with van der Waals surface area (Å²) in [6, 6.07) is 0.226. The Morgan fingerprint density at radius 1 is 1.19 bits per heavy atom. The molecule has 10 heteroatoms. The summed E-state index contributed by atoms with van der Waals surface area (Å²) in [7, 11) is 0. The maximum Gasteiger partial charge on any atom is 0.248 e. The van der Waals surface area contributed by atoms with Gasteiger partial charge in [-0.25, -0.2) is 23.1 Å². The molecule has 2 aliphatic carbocycles. The number of β-amino-alcohol motifs (C(OH)–C–C–N with tert-alkyl or cyclic N) is 1. The summed E-state index contributed by atoms with van der Waals surface area (Å²) in [4.78, 5) is 23.6. The van der Waals surface area contributed by atoms with E-state index >= 15 is 4.39 Å². The molecule has 3 fully saturated rings. The van der Waals surface area contributed by atoms with Crippen LogP contribution in [-0.2, 0) is 11.2 Å². The van der Waals surface area contributed by atoms with Gasteiger partial charge in [0, 0.05) is 25.0 Å². The summed E-state index contributed by atoms with van der Waals surface area (Å²) in [6.07, 6.45) is 8.05. The number of carbonyl (C=O) groups is 1. The fraction of sp³-hybridized carbons (Fsp3) is 0.808. The molecular formula is C26H40F3N5O2. The number of aliphatic hydroxyl groups is 1. The molecule has 1 saturated heterocycles. The van der Waals surface area contributed by atoms with Crippen LogP contribution in [0.1, 0.15) is 70.4 Å². The van der Waals surface area contributed by atoms with Crippen LogP contribution in [0.25, 0.3) is 0 Å². The second-order valence-electron chi connectivity index (χ2n) is 11.2. The largest absolute Gasteiger partial charge is 0.392 e. The minimum absolute atomic E-state index is 0.00144. The molecule has 1 aliphatic heterocycles. The Kier molecular flexibility index (Phi) is 8.75. The van der Waals surface area contributed by atoms with Gasteiger partial charge < -0.3 is 15.7 Å². The number of amides is 1. The maximum absolute atomic E-state index is 15.7. The molecule has 4 rings (SSSR count). The molecule has 202 valence electrons. The monoisotopic (exact) mass is 511 g/mol. The first-order chi connectivity index (χ1) is 17.1. The van der Waals surface area contributed by atoms with E-state index in [1.54, 1.807) is 0 Å². The standard InChI is InChI=1S/C26H40F3N5O2/c1-26(28,29)19-8-5-17(6-9-19)13-34(20-3-2-4-20)25-24(27)21(31-16-32-25)10-7-18-11-12-33(14-22(18)35)15-23(30)36/h16-20,22,35H,2-15H2,1H3,(H2,30,36). The summed E-state index contributed by atoms with van der Waals surface area (Å²) in [5.41, 5.74) is 5.61. The van der Waals surface area contributed by atoms with Crippen LogP contribution >= 0.6 is 0 Å². The van der Waals surface area contributed by atoms with E-state index < -0.39 is 29.7 Å². The van der Waals surface area contributed by atoms with Gasteiger partial charge in [-0.05, 0) is 89.5 Å². The smallest absolute Gasteiger partial charge is 0.248 e. The molecule has 1 amide bonds. The average Bonchev–Trinajstić information content (AvgIpc) is 2.77. The number of anilines is 1. The van der Waals surface area contributed by atoms with Gasteiger partial charge in [0.1, 0.15) is 6.33 Å². The van der Waals surface area contributed by atoms with Crippen molar-refractivity contribution < 1.29 is 23.1 Å². The van der Waals surface area contributed by atoms with Gasteiger partial charge in [-0.3, -0.25) is 9.69 Å². The van der Waals surface area contributed by atoms with E-state index in [-0.39, 0.29) is 24.4 Å². The second-order valence-corrected chi connectivity index (χ2v) is 11.2. The zero-order valence-corrected chi connectivity index (χ0v) is 21.2. The number of rotatable bonds is 10. The van der Waals surface area contributed by atoms with Crippen molar-refractivity contribution in [1.29, 1.82) is 0 Å². The molecule has 2 saturated carbocycles. The number of alkyl halides is 2. The zero-order chi connectivity index (χ0) is 25.9. The van der Waals surface area contributed by atoms with Gasteiger partial charge in [-0.1, -0.05) is 0 Å². The van der Waals surface area contributed by atoms with Crippen molar-refractivity contribution in [1.82, 2.24) is 14.9 Å². The van der Waals surface area contributed by atoms with E-state index in [0.717, 1.165) is 39.0 Å². The highest BCUT2D eigenvalue weighted by atomic mass is 19.3. The molecule has 0 bridgehead atoms. The SMILES string of the molecule is CC(F)(F)C1CCC(CN(c2ncnc(CCC3CCN(CC(N)=O)CC3O)c2F)C2CCC2)CC1. The lowest BCUT2D eigenvalue weighted by Crippen LogP contribution is -2.47. The number of halogens is 3. The number of nitrogens with two attached hydrogens (primary N) is 1. The predicted molar refractivity (Wildman–Crippen MR) is 131 cm³/mol. The molecule has 0 aromatic carbocycles. The number of nitrogens with zero attached hydrogens (tertiary/aromatic N) is 4. The van der Waals surface area contributed by atoms with Crippen LogP contribution in [0.15, 0.2) is 6.33 Å². The summed E-state index contributed by atoms with van der Waals surface area (Å²) in [5, 5.41) is 10.5. The third kappa shape index (κ3) is 6.68. The van der Waals surface area contributed by atoms with Crippen molar-refractivity contribution in [2.45, 2.75) is 89.2 Å². The molecule has 0 radical (unpaired) electrons. The summed E-state index contributed by atoms with van der Waals surface area (Å²) in [6.45, 7) is 2.83. The number of hydrogen-bond donors (Lipinski definition) is 2. The first kappa shape index (κ1) is 27.1. The molecule has 7 nitrogen and oxygen atoms in total. The number of primary amides is 1. The van der Waals surface area contributed by atoms with E-state index in [9.17, 15) is 18.7 Å². The molecule has 1 aromatic rings. The lowest BCUT2D eigenvalue weighted by molar-refractivity contribution is -0.120. The highest BCUT2D eigenvalue weighted by molar-refractivity contribution is 5.75. The van der Waals surface area contributed by atoms with Crippen LogP contribution in [0.2, 0.25) is 0 Å². The number of carbonyl (C=O) groups excluding carboxylic acids is 1. The third-order valence-corrected chi connectivity index (χ3v) is 8.59. The number of likely N-dealkylation sites (tertiary alicyclic amines) is 1. The van der Waals surface area contributed by atoms with E-state index in [4.69, 9.17) is 5.73 Å². The van der Waals surface area contributed by atoms with Gasteiger partial charge in [-0.15, -0.1) is 0 Å². The summed E-state index contributed by atoms with van der Waals surface area (Å²) in [5.74, 6) is -3.44. The lowest BCUT2D eigenvalue weighted by atomic mass is 9.78. The predicted octanol–water partition coefficient (Wildman–Crippen LogP) is 3.54. The van der Waals surface area contributed by atoms with Crippen LogP contribution in [0.4, 0.5) is 19.0 Å². The fourth-order valence-electron chi connectivity index (χ4n) is 6.08. The maximum atomic E-state index is 15.7. The van der Waals surface area contributed by atoms with E-state index in [0.29, 0.717) is 63.3 Å². The van der Waals surface area contributed by atoms with Crippen molar-refractivity contribution in [2.24, 2.45) is 23.5 Å². The second kappa shape index (κ2) is 11.6. The number of aliphatic hydroxyl groups excluding tert-OH is 1. The fourth-order valence-corrected chi connectivity index (χ4v) is 6.08. The lowest BCUT2D eigenvalue weighted by Gasteiger charge is -2.42. The quantitative estimate of drug-likeness (QED) is 0.499. The van der Waals surface area contributed by atoms with Gasteiger partial charge in [0.05, 0.1) is 18.3 Å². The molecule has 3 N–H and O–H groups in total. The van der Waals surface area contributed by atoms with Gasteiger partial charge in [0.2, 0.25) is 11.8 Å². The van der Waals surface area contributed by atoms with Gasteiger partial charge in [-0.2, -0.15) is 0 Å².